The summed E-state index contributed by atoms with van der Waals surface area (Å²) in [6.45, 7) is 1.89. The fourth-order valence-electron chi connectivity index (χ4n) is 2.82. The molecule has 2 amide bonds. The third kappa shape index (κ3) is 5.32. The molecule has 152 valence electrons. The first-order valence-electron chi connectivity index (χ1n) is 9.52. The topological polar surface area (TPSA) is 73.8 Å². The molecule has 6 nitrogen and oxygen atoms in total. The zero-order valence-electron chi connectivity index (χ0n) is 17.2. The summed E-state index contributed by atoms with van der Waals surface area (Å²) in [5.74, 6) is -0.511. The van der Waals surface area contributed by atoms with E-state index in [2.05, 4.69) is 15.8 Å². The van der Waals surface area contributed by atoms with Crippen LogP contribution < -0.4 is 15.6 Å². The van der Waals surface area contributed by atoms with Crippen molar-refractivity contribution in [1.82, 2.24) is 5.43 Å². The molecule has 0 aliphatic heterocycles. The van der Waals surface area contributed by atoms with Crippen molar-refractivity contribution in [2.75, 3.05) is 24.3 Å². The highest BCUT2D eigenvalue weighted by Crippen LogP contribution is 2.14. The minimum Gasteiger partial charge on any atom is -0.378 e. The van der Waals surface area contributed by atoms with Gasteiger partial charge in [0.25, 0.3) is 11.8 Å². The minimum absolute atomic E-state index is 0.185. The van der Waals surface area contributed by atoms with Crippen LogP contribution in [0.4, 0.5) is 11.4 Å². The number of anilines is 2. The highest BCUT2D eigenvalue weighted by Gasteiger charge is 2.09. The molecule has 0 saturated heterocycles. The maximum absolute atomic E-state index is 12.4. The second-order valence-electron chi connectivity index (χ2n) is 7.03. The van der Waals surface area contributed by atoms with Gasteiger partial charge in [0, 0.05) is 36.6 Å². The summed E-state index contributed by atoms with van der Waals surface area (Å²) >= 11 is 0. The molecule has 0 heterocycles. The van der Waals surface area contributed by atoms with Crippen molar-refractivity contribution in [1.29, 1.82) is 0 Å². The normalized spacial score (nSPS) is 10.6. The maximum atomic E-state index is 12.4. The summed E-state index contributed by atoms with van der Waals surface area (Å²) < 4.78 is 0. The summed E-state index contributed by atoms with van der Waals surface area (Å²) in [4.78, 5) is 26.6. The van der Waals surface area contributed by atoms with Crippen molar-refractivity contribution in [2.24, 2.45) is 5.10 Å². The van der Waals surface area contributed by atoms with Crippen LogP contribution in [0.25, 0.3) is 0 Å². The highest BCUT2D eigenvalue weighted by atomic mass is 16.2. The molecule has 3 aromatic rings. The van der Waals surface area contributed by atoms with Crippen molar-refractivity contribution in [3.63, 3.8) is 0 Å². The number of amides is 2. The molecular formula is C24H24N4O2. The van der Waals surface area contributed by atoms with E-state index in [1.807, 2.05) is 68.4 Å². The van der Waals surface area contributed by atoms with E-state index < -0.39 is 0 Å². The molecule has 0 radical (unpaired) electrons. The number of hydrazone groups is 1. The van der Waals surface area contributed by atoms with Crippen molar-refractivity contribution in [2.45, 2.75) is 6.92 Å². The van der Waals surface area contributed by atoms with Crippen molar-refractivity contribution < 1.29 is 9.59 Å². The Balaban J connectivity index is 1.57. The van der Waals surface area contributed by atoms with E-state index in [0.29, 0.717) is 16.8 Å². The monoisotopic (exact) mass is 400 g/mol. The molecule has 0 aromatic heterocycles. The van der Waals surface area contributed by atoms with E-state index in [4.69, 9.17) is 0 Å². The van der Waals surface area contributed by atoms with E-state index >= 15 is 0 Å². The van der Waals surface area contributed by atoms with Gasteiger partial charge in [0.15, 0.2) is 0 Å². The Bertz CT molecular complexity index is 1060. The van der Waals surface area contributed by atoms with Crippen LogP contribution in [0.3, 0.4) is 0 Å². The summed E-state index contributed by atoms with van der Waals surface area (Å²) in [6, 6.07) is 21.9. The van der Waals surface area contributed by atoms with Crippen LogP contribution in [-0.4, -0.2) is 32.1 Å². The van der Waals surface area contributed by atoms with Crippen LogP contribution in [0.5, 0.6) is 0 Å². The number of carbonyl (C=O) groups is 2. The molecule has 0 aliphatic carbocycles. The number of nitrogens with one attached hydrogen (secondary N) is 2. The molecule has 0 bridgehead atoms. The van der Waals surface area contributed by atoms with Crippen LogP contribution in [0.15, 0.2) is 77.9 Å². The fraction of sp³-hybridized carbons (Fsp3) is 0.125. The Hall–Kier alpha value is -3.93. The Morgan fingerprint density at radius 1 is 0.867 bits per heavy atom. The molecule has 3 aromatic carbocycles. The second kappa shape index (κ2) is 9.52. The van der Waals surface area contributed by atoms with Crippen LogP contribution >= 0.6 is 0 Å². The van der Waals surface area contributed by atoms with Crippen molar-refractivity contribution in [3.05, 3.63) is 95.1 Å². The first kappa shape index (κ1) is 20.8. The van der Waals surface area contributed by atoms with E-state index in [-0.39, 0.29) is 11.8 Å². The molecule has 0 spiro atoms. The van der Waals surface area contributed by atoms with Crippen LogP contribution in [0.2, 0.25) is 0 Å². The average molecular weight is 400 g/mol. The van der Waals surface area contributed by atoms with Gasteiger partial charge in [0.1, 0.15) is 0 Å². The number of rotatable bonds is 6. The molecule has 0 aliphatic rings. The first-order chi connectivity index (χ1) is 14.4. The lowest BCUT2D eigenvalue weighted by atomic mass is 10.1. The first-order valence-corrected chi connectivity index (χ1v) is 9.52. The number of nitrogens with zero attached hydrogens (tertiary/aromatic N) is 2. The Morgan fingerprint density at radius 2 is 1.53 bits per heavy atom. The average Bonchev–Trinajstić information content (AvgIpc) is 2.74. The van der Waals surface area contributed by atoms with E-state index in [1.165, 1.54) is 0 Å². The molecular weight excluding hydrogens is 376 g/mol. The largest absolute Gasteiger partial charge is 0.378 e. The molecule has 30 heavy (non-hydrogen) atoms. The van der Waals surface area contributed by atoms with Gasteiger partial charge in [-0.1, -0.05) is 30.3 Å². The van der Waals surface area contributed by atoms with Gasteiger partial charge in [-0.25, -0.2) is 5.43 Å². The summed E-state index contributed by atoms with van der Waals surface area (Å²) in [6.07, 6.45) is 1.59. The predicted octanol–water partition coefficient (Wildman–Crippen LogP) is 4.08. The third-order valence-corrected chi connectivity index (χ3v) is 4.58. The molecule has 3 rings (SSSR count). The molecule has 0 unspecified atom stereocenters. The fourth-order valence-corrected chi connectivity index (χ4v) is 2.82. The molecule has 6 heteroatoms. The second-order valence-corrected chi connectivity index (χ2v) is 7.03. The van der Waals surface area contributed by atoms with Gasteiger partial charge in [-0.05, 0) is 60.5 Å². The van der Waals surface area contributed by atoms with Gasteiger partial charge < -0.3 is 10.2 Å². The van der Waals surface area contributed by atoms with Gasteiger partial charge in [0.05, 0.1) is 6.21 Å². The SMILES string of the molecule is Cc1ccccc1C(=O)Nc1ccc(C(=O)NN=Cc2ccc(N(C)C)cc2)cc1. The number of hydrogen-bond donors (Lipinski definition) is 2. The number of hydrogen-bond acceptors (Lipinski definition) is 4. The Labute approximate surface area is 176 Å². The molecule has 2 N–H and O–H groups in total. The molecule has 0 fully saturated rings. The smallest absolute Gasteiger partial charge is 0.271 e. The Morgan fingerprint density at radius 3 is 2.17 bits per heavy atom. The summed E-state index contributed by atoms with van der Waals surface area (Å²) in [5.41, 5.74) is 7.07. The number of aryl methyl sites for hydroxylation is 1. The molecule has 0 saturated carbocycles. The van der Waals surface area contributed by atoms with Crippen molar-refractivity contribution >= 4 is 29.4 Å². The van der Waals surface area contributed by atoms with E-state index in [9.17, 15) is 9.59 Å². The summed E-state index contributed by atoms with van der Waals surface area (Å²) in [5, 5.41) is 6.84. The standard InChI is InChI=1S/C24H24N4O2/c1-17-6-4-5-7-22(17)24(30)26-20-12-10-19(11-13-20)23(29)27-25-16-18-8-14-21(15-9-18)28(2)3/h4-16H,1-3H3,(H,26,30)(H,27,29). The quantitative estimate of drug-likeness (QED) is 0.484. The van der Waals surface area contributed by atoms with Gasteiger partial charge in [-0.2, -0.15) is 5.10 Å². The van der Waals surface area contributed by atoms with Crippen LogP contribution in [-0.2, 0) is 0 Å². The number of carbonyl (C=O) groups excluding carboxylic acids is 2. The van der Waals surface area contributed by atoms with E-state index in [1.54, 1.807) is 36.5 Å². The van der Waals surface area contributed by atoms with Gasteiger partial charge in [-0.15, -0.1) is 0 Å². The predicted molar refractivity (Wildman–Crippen MR) is 121 cm³/mol. The van der Waals surface area contributed by atoms with E-state index in [0.717, 1.165) is 16.8 Å². The van der Waals surface area contributed by atoms with Crippen LogP contribution in [0, 0.1) is 6.92 Å². The lowest BCUT2D eigenvalue weighted by Gasteiger charge is -2.11. The Kier molecular flexibility index (Phi) is 6.60. The highest BCUT2D eigenvalue weighted by molar-refractivity contribution is 6.05. The van der Waals surface area contributed by atoms with Crippen LogP contribution in [0.1, 0.15) is 31.8 Å². The van der Waals surface area contributed by atoms with Gasteiger partial charge in [-0.3, -0.25) is 9.59 Å². The van der Waals surface area contributed by atoms with Crippen molar-refractivity contribution in [3.8, 4) is 0 Å². The zero-order valence-corrected chi connectivity index (χ0v) is 17.2. The third-order valence-electron chi connectivity index (χ3n) is 4.58. The lowest BCUT2D eigenvalue weighted by Crippen LogP contribution is -2.18. The van der Waals surface area contributed by atoms with Gasteiger partial charge >= 0.3 is 0 Å². The van der Waals surface area contributed by atoms with Gasteiger partial charge in [0.2, 0.25) is 0 Å². The molecule has 0 atom stereocenters. The lowest BCUT2D eigenvalue weighted by molar-refractivity contribution is 0.0954. The summed E-state index contributed by atoms with van der Waals surface area (Å²) in [7, 11) is 3.95. The number of benzene rings is 3. The minimum atomic E-state index is -0.326. The maximum Gasteiger partial charge on any atom is 0.271 e. The zero-order chi connectivity index (χ0) is 21.5.